The van der Waals surface area contributed by atoms with E-state index in [0.717, 1.165) is 18.1 Å². The predicted molar refractivity (Wildman–Crippen MR) is 49.0 cm³/mol. The van der Waals surface area contributed by atoms with Gasteiger partial charge in [0.25, 0.3) is 0 Å². The molecule has 0 heterocycles. The average molecular weight is 187 g/mol. The van der Waals surface area contributed by atoms with Gasteiger partial charge in [-0.05, 0) is 12.1 Å². The SMILES string of the molecule is OCC[NH2+]Cc1ccc(Cl)cc1. The maximum Gasteiger partial charge on any atom is 0.101 e. The minimum Gasteiger partial charge on any atom is -0.391 e. The third-order valence-electron chi connectivity index (χ3n) is 1.63. The van der Waals surface area contributed by atoms with Gasteiger partial charge in [-0.1, -0.05) is 23.7 Å². The van der Waals surface area contributed by atoms with Crippen LogP contribution in [-0.2, 0) is 6.54 Å². The monoisotopic (exact) mass is 186 g/mol. The van der Waals surface area contributed by atoms with Crippen molar-refractivity contribution in [3.63, 3.8) is 0 Å². The first-order chi connectivity index (χ1) is 5.83. The van der Waals surface area contributed by atoms with Crippen LogP contribution in [0.2, 0.25) is 5.02 Å². The molecule has 0 saturated heterocycles. The smallest absolute Gasteiger partial charge is 0.101 e. The van der Waals surface area contributed by atoms with Gasteiger partial charge in [-0.2, -0.15) is 0 Å². The van der Waals surface area contributed by atoms with E-state index in [9.17, 15) is 0 Å². The fourth-order valence-corrected chi connectivity index (χ4v) is 1.11. The van der Waals surface area contributed by atoms with Crippen molar-refractivity contribution in [2.45, 2.75) is 6.54 Å². The predicted octanol–water partition coefficient (Wildman–Crippen LogP) is 0.396. The second-order valence-corrected chi connectivity index (χ2v) is 3.07. The van der Waals surface area contributed by atoms with Gasteiger partial charge in [-0.15, -0.1) is 0 Å². The largest absolute Gasteiger partial charge is 0.391 e. The van der Waals surface area contributed by atoms with E-state index in [1.54, 1.807) is 0 Å². The number of benzene rings is 1. The molecular weight excluding hydrogens is 174 g/mol. The van der Waals surface area contributed by atoms with Crippen LogP contribution < -0.4 is 5.32 Å². The van der Waals surface area contributed by atoms with Crippen LogP contribution in [0, 0.1) is 0 Å². The Hall–Kier alpha value is -0.570. The molecule has 1 aromatic carbocycles. The lowest BCUT2D eigenvalue weighted by Crippen LogP contribution is -2.83. The van der Waals surface area contributed by atoms with Crippen molar-refractivity contribution in [2.24, 2.45) is 0 Å². The lowest BCUT2D eigenvalue weighted by Gasteiger charge is -1.99. The number of nitrogens with two attached hydrogens (primary N) is 1. The standard InChI is InChI=1S/C9H12ClNO/c10-9-3-1-8(2-4-9)7-11-5-6-12/h1-4,11-12H,5-7H2/p+1. The lowest BCUT2D eigenvalue weighted by atomic mass is 10.2. The first-order valence-electron chi connectivity index (χ1n) is 4.00. The highest BCUT2D eigenvalue weighted by Gasteiger charge is 1.93. The Kier molecular flexibility index (Phi) is 4.08. The van der Waals surface area contributed by atoms with E-state index in [1.165, 1.54) is 5.56 Å². The van der Waals surface area contributed by atoms with E-state index < -0.39 is 0 Å². The van der Waals surface area contributed by atoms with Crippen LogP contribution in [0.25, 0.3) is 0 Å². The van der Waals surface area contributed by atoms with Crippen LogP contribution in [0.4, 0.5) is 0 Å². The third-order valence-corrected chi connectivity index (χ3v) is 1.88. The van der Waals surface area contributed by atoms with E-state index >= 15 is 0 Å². The number of hydrogen-bond donors (Lipinski definition) is 2. The highest BCUT2D eigenvalue weighted by molar-refractivity contribution is 6.30. The molecular formula is C9H13ClNO+. The zero-order valence-corrected chi connectivity index (χ0v) is 7.59. The van der Waals surface area contributed by atoms with Gasteiger partial charge < -0.3 is 10.4 Å². The first kappa shape index (κ1) is 9.52. The van der Waals surface area contributed by atoms with Crippen molar-refractivity contribution < 1.29 is 10.4 Å². The van der Waals surface area contributed by atoms with Gasteiger partial charge in [0.2, 0.25) is 0 Å². The Labute approximate surface area is 77.2 Å². The fourth-order valence-electron chi connectivity index (χ4n) is 0.981. The first-order valence-corrected chi connectivity index (χ1v) is 4.37. The van der Waals surface area contributed by atoms with Crippen LogP contribution in [0.5, 0.6) is 0 Å². The highest BCUT2D eigenvalue weighted by Crippen LogP contribution is 2.08. The minimum absolute atomic E-state index is 0.230. The third kappa shape index (κ3) is 3.22. The topological polar surface area (TPSA) is 36.8 Å². The van der Waals surface area contributed by atoms with E-state index in [4.69, 9.17) is 16.7 Å². The molecule has 0 amide bonds. The molecule has 0 aliphatic heterocycles. The van der Waals surface area contributed by atoms with Crippen molar-refractivity contribution in [3.05, 3.63) is 34.9 Å². The zero-order chi connectivity index (χ0) is 8.81. The second kappa shape index (κ2) is 5.14. The summed E-state index contributed by atoms with van der Waals surface area (Å²) in [5, 5.41) is 11.4. The summed E-state index contributed by atoms with van der Waals surface area (Å²) < 4.78 is 0. The van der Waals surface area contributed by atoms with Gasteiger partial charge in [0.05, 0.1) is 13.2 Å². The highest BCUT2D eigenvalue weighted by atomic mass is 35.5. The molecule has 66 valence electrons. The molecule has 0 radical (unpaired) electrons. The summed E-state index contributed by atoms with van der Waals surface area (Å²) in [5.74, 6) is 0. The molecule has 0 spiro atoms. The molecule has 3 heteroatoms. The molecule has 0 bridgehead atoms. The summed E-state index contributed by atoms with van der Waals surface area (Å²) in [5.41, 5.74) is 1.23. The molecule has 2 nitrogen and oxygen atoms in total. The maximum atomic E-state index is 8.54. The van der Waals surface area contributed by atoms with Crippen molar-refractivity contribution in [2.75, 3.05) is 13.2 Å². The van der Waals surface area contributed by atoms with Gasteiger partial charge in [-0.25, -0.2) is 0 Å². The van der Waals surface area contributed by atoms with Crippen molar-refractivity contribution in [3.8, 4) is 0 Å². The maximum absolute atomic E-state index is 8.54. The summed E-state index contributed by atoms with van der Waals surface area (Å²) in [6, 6.07) is 7.75. The van der Waals surface area contributed by atoms with Crippen molar-refractivity contribution in [1.29, 1.82) is 0 Å². The van der Waals surface area contributed by atoms with E-state index in [-0.39, 0.29) is 6.61 Å². The number of aliphatic hydroxyl groups is 1. The van der Waals surface area contributed by atoms with E-state index in [2.05, 4.69) is 5.32 Å². The van der Waals surface area contributed by atoms with Crippen LogP contribution >= 0.6 is 11.6 Å². The van der Waals surface area contributed by atoms with Crippen LogP contribution in [0.1, 0.15) is 5.56 Å². The molecule has 3 N–H and O–H groups in total. The van der Waals surface area contributed by atoms with Crippen LogP contribution in [-0.4, -0.2) is 18.3 Å². The Morgan fingerprint density at radius 1 is 1.25 bits per heavy atom. The Bertz CT molecular complexity index is 222. The Morgan fingerprint density at radius 2 is 1.92 bits per heavy atom. The van der Waals surface area contributed by atoms with Gasteiger partial charge in [0, 0.05) is 10.6 Å². The molecule has 1 aromatic rings. The number of halogens is 1. The van der Waals surface area contributed by atoms with Crippen LogP contribution in [0.3, 0.4) is 0 Å². The molecule has 0 aliphatic rings. The van der Waals surface area contributed by atoms with Crippen molar-refractivity contribution in [1.82, 2.24) is 0 Å². The Balaban J connectivity index is 2.37. The molecule has 0 saturated carbocycles. The molecule has 12 heavy (non-hydrogen) atoms. The van der Waals surface area contributed by atoms with Crippen LogP contribution in [0.15, 0.2) is 24.3 Å². The minimum atomic E-state index is 0.230. The van der Waals surface area contributed by atoms with Gasteiger partial charge in [0.15, 0.2) is 0 Å². The second-order valence-electron chi connectivity index (χ2n) is 2.63. The number of aliphatic hydroxyl groups excluding tert-OH is 1. The fraction of sp³-hybridized carbons (Fsp3) is 0.333. The molecule has 0 aromatic heterocycles. The summed E-state index contributed by atoms with van der Waals surface area (Å²) in [4.78, 5) is 0. The van der Waals surface area contributed by atoms with Crippen molar-refractivity contribution >= 4 is 11.6 Å². The molecule has 0 fully saturated rings. The van der Waals surface area contributed by atoms with E-state index in [1.807, 2.05) is 24.3 Å². The average Bonchev–Trinajstić information content (AvgIpc) is 2.09. The zero-order valence-electron chi connectivity index (χ0n) is 6.83. The van der Waals surface area contributed by atoms with Gasteiger partial charge in [0.1, 0.15) is 6.54 Å². The molecule has 1 rings (SSSR count). The van der Waals surface area contributed by atoms with Gasteiger partial charge in [-0.3, -0.25) is 0 Å². The summed E-state index contributed by atoms with van der Waals surface area (Å²) in [6.45, 7) is 1.88. The Morgan fingerprint density at radius 3 is 2.50 bits per heavy atom. The molecule has 0 aliphatic carbocycles. The summed E-state index contributed by atoms with van der Waals surface area (Å²) in [6.07, 6.45) is 0. The summed E-state index contributed by atoms with van der Waals surface area (Å²) >= 11 is 5.72. The normalized spacial score (nSPS) is 10.2. The number of quaternary nitrogens is 1. The number of rotatable bonds is 4. The van der Waals surface area contributed by atoms with Gasteiger partial charge >= 0.3 is 0 Å². The van der Waals surface area contributed by atoms with E-state index in [0.29, 0.717) is 0 Å². The number of hydrogen-bond acceptors (Lipinski definition) is 1. The molecule has 0 unspecified atom stereocenters. The quantitative estimate of drug-likeness (QED) is 0.657. The lowest BCUT2D eigenvalue weighted by molar-refractivity contribution is -0.671. The summed E-state index contributed by atoms with van der Waals surface area (Å²) in [7, 11) is 0. The molecule has 0 atom stereocenters.